The van der Waals surface area contributed by atoms with Crippen LogP contribution in [0, 0.1) is 0 Å². The fourth-order valence-electron chi connectivity index (χ4n) is 2.62. The Morgan fingerprint density at radius 3 is 2.63 bits per heavy atom. The number of rotatable bonds is 4. The van der Waals surface area contributed by atoms with Crippen molar-refractivity contribution in [1.82, 2.24) is 5.32 Å². The molecule has 1 fully saturated rings. The highest BCUT2D eigenvalue weighted by molar-refractivity contribution is 9.10. The Bertz CT molecular complexity index is 430. The van der Waals surface area contributed by atoms with E-state index in [1.54, 1.807) is 0 Å². The lowest BCUT2D eigenvalue weighted by Crippen LogP contribution is -2.38. The fraction of sp³-hybridized carbons (Fsp3) is 0.533. The molecule has 1 unspecified atom stereocenters. The number of ether oxygens (including phenoxy) is 1. The second kappa shape index (κ2) is 7.06. The first-order chi connectivity index (χ1) is 9.22. The van der Waals surface area contributed by atoms with Crippen molar-refractivity contribution in [3.63, 3.8) is 0 Å². The van der Waals surface area contributed by atoms with E-state index in [4.69, 9.17) is 4.74 Å². The zero-order chi connectivity index (χ0) is 13.7. The first-order valence-electron chi connectivity index (χ1n) is 6.80. The standard InChI is InChI=1S/C15H20BrNO2/c1-19-15(18)14(12-9-5-6-10-13(12)16)17-11-7-3-2-4-8-11/h5-6,9-11,14,17H,2-4,7-8H2,1H3. The van der Waals surface area contributed by atoms with E-state index < -0.39 is 0 Å². The third-order valence-corrected chi connectivity index (χ3v) is 4.38. The van der Waals surface area contributed by atoms with Crippen molar-refractivity contribution in [2.45, 2.75) is 44.2 Å². The van der Waals surface area contributed by atoms with Crippen LogP contribution in [0.5, 0.6) is 0 Å². The molecule has 3 nitrogen and oxygen atoms in total. The minimum Gasteiger partial charge on any atom is -0.468 e. The molecule has 0 heterocycles. The van der Waals surface area contributed by atoms with Crippen molar-refractivity contribution in [3.8, 4) is 0 Å². The van der Waals surface area contributed by atoms with Gasteiger partial charge in [0.25, 0.3) is 0 Å². The van der Waals surface area contributed by atoms with Gasteiger partial charge >= 0.3 is 5.97 Å². The van der Waals surface area contributed by atoms with E-state index in [0.717, 1.165) is 22.9 Å². The van der Waals surface area contributed by atoms with E-state index in [1.807, 2.05) is 24.3 Å². The smallest absolute Gasteiger partial charge is 0.327 e. The molecule has 1 aromatic rings. The minimum absolute atomic E-state index is 0.225. The number of esters is 1. The zero-order valence-corrected chi connectivity index (χ0v) is 12.8. The van der Waals surface area contributed by atoms with E-state index >= 15 is 0 Å². The van der Waals surface area contributed by atoms with Crippen LogP contribution in [0.4, 0.5) is 0 Å². The Morgan fingerprint density at radius 1 is 1.32 bits per heavy atom. The van der Waals surface area contributed by atoms with Gasteiger partial charge in [0.1, 0.15) is 6.04 Å². The van der Waals surface area contributed by atoms with Gasteiger partial charge in [-0.3, -0.25) is 5.32 Å². The zero-order valence-electron chi connectivity index (χ0n) is 11.2. The summed E-state index contributed by atoms with van der Waals surface area (Å²) in [5.74, 6) is -0.225. The largest absolute Gasteiger partial charge is 0.468 e. The maximum absolute atomic E-state index is 12.0. The molecule has 1 aliphatic carbocycles. The number of hydrogen-bond donors (Lipinski definition) is 1. The molecule has 1 saturated carbocycles. The number of halogens is 1. The van der Waals surface area contributed by atoms with Crippen LogP contribution in [0.2, 0.25) is 0 Å². The summed E-state index contributed by atoms with van der Waals surface area (Å²) in [6.07, 6.45) is 6.05. The fourth-order valence-corrected chi connectivity index (χ4v) is 3.13. The molecule has 1 atom stereocenters. The van der Waals surface area contributed by atoms with Crippen LogP contribution < -0.4 is 5.32 Å². The van der Waals surface area contributed by atoms with Gasteiger partial charge in [0.2, 0.25) is 0 Å². The van der Waals surface area contributed by atoms with Gasteiger partial charge in [0, 0.05) is 10.5 Å². The monoisotopic (exact) mass is 325 g/mol. The second-order valence-electron chi connectivity index (χ2n) is 4.98. The number of hydrogen-bond acceptors (Lipinski definition) is 3. The number of nitrogens with one attached hydrogen (secondary N) is 1. The highest BCUT2D eigenvalue weighted by Gasteiger charge is 2.26. The number of carbonyl (C=O) groups is 1. The van der Waals surface area contributed by atoms with Crippen molar-refractivity contribution in [2.75, 3.05) is 7.11 Å². The van der Waals surface area contributed by atoms with E-state index in [-0.39, 0.29) is 12.0 Å². The molecule has 4 heteroatoms. The Balaban J connectivity index is 2.16. The van der Waals surface area contributed by atoms with Gasteiger partial charge in [0.05, 0.1) is 7.11 Å². The molecular formula is C15H20BrNO2. The highest BCUT2D eigenvalue weighted by Crippen LogP contribution is 2.27. The normalized spacial score (nSPS) is 18.0. The first kappa shape index (κ1) is 14.5. The van der Waals surface area contributed by atoms with Crippen LogP contribution in [-0.4, -0.2) is 19.1 Å². The molecule has 0 aliphatic heterocycles. The molecule has 0 saturated heterocycles. The van der Waals surface area contributed by atoms with Gasteiger partial charge in [-0.25, -0.2) is 4.79 Å². The molecule has 19 heavy (non-hydrogen) atoms. The van der Waals surface area contributed by atoms with Crippen LogP contribution in [0.3, 0.4) is 0 Å². The Hall–Kier alpha value is -0.870. The van der Waals surface area contributed by atoms with E-state index in [0.29, 0.717) is 6.04 Å². The summed E-state index contributed by atoms with van der Waals surface area (Å²) in [5, 5.41) is 3.46. The molecular weight excluding hydrogens is 306 g/mol. The van der Waals surface area contributed by atoms with E-state index in [2.05, 4.69) is 21.2 Å². The van der Waals surface area contributed by atoms with Crippen molar-refractivity contribution in [3.05, 3.63) is 34.3 Å². The Labute approximate surface area is 122 Å². The summed E-state index contributed by atoms with van der Waals surface area (Å²) < 4.78 is 5.88. The predicted molar refractivity (Wildman–Crippen MR) is 78.9 cm³/mol. The lowest BCUT2D eigenvalue weighted by molar-refractivity contribution is -0.143. The second-order valence-corrected chi connectivity index (χ2v) is 5.83. The topological polar surface area (TPSA) is 38.3 Å². The SMILES string of the molecule is COC(=O)C(NC1CCCCC1)c1ccccc1Br. The molecule has 0 bridgehead atoms. The molecule has 1 aliphatic rings. The molecule has 104 valence electrons. The quantitative estimate of drug-likeness (QED) is 0.860. The molecule has 0 amide bonds. The van der Waals surface area contributed by atoms with Gasteiger partial charge in [-0.2, -0.15) is 0 Å². The molecule has 2 rings (SSSR count). The van der Waals surface area contributed by atoms with Crippen molar-refractivity contribution in [2.24, 2.45) is 0 Å². The molecule has 0 spiro atoms. The number of methoxy groups -OCH3 is 1. The van der Waals surface area contributed by atoms with Crippen molar-refractivity contribution < 1.29 is 9.53 Å². The summed E-state index contributed by atoms with van der Waals surface area (Å²) in [6, 6.07) is 7.82. The molecule has 0 radical (unpaired) electrons. The lowest BCUT2D eigenvalue weighted by atomic mass is 9.94. The van der Waals surface area contributed by atoms with Crippen LogP contribution in [-0.2, 0) is 9.53 Å². The van der Waals surface area contributed by atoms with Crippen LogP contribution >= 0.6 is 15.9 Å². The van der Waals surface area contributed by atoms with Gasteiger partial charge < -0.3 is 4.74 Å². The molecule has 1 aromatic carbocycles. The summed E-state index contributed by atoms with van der Waals surface area (Å²) in [7, 11) is 1.44. The third kappa shape index (κ3) is 3.80. The average Bonchev–Trinajstić information content (AvgIpc) is 2.46. The van der Waals surface area contributed by atoms with Gasteiger partial charge in [-0.15, -0.1) is 0 Å². The van der Waals surface area contributed by atoms with Crippen LogP contribution in [0.25, 0.3) is 0 Å². The van der Waals surface area contributed by atoms with Gasteiger partial charge in [0.15, 0.2) is 0 Å². The number of carbonyl (C=O) groups excluding carboxylic acids is 1. The summed E-state index contributed by atoms with van der Waals surface area (Å²) in [4.78, 5) is 12.0. The van der Waals surface area contributed by atoms with Crippen molar-refractivity contribution in [1.29, 1.82) is 0 Å². The minimum atomic E-state index is -0.385. The lowest BCUT2D eigenvalue weighted by Gasteiger charge is -2.27. The molecule has 0 aromatic heterocycles. The van der Waals surface area contributed by atoms with Crippen molar-refractivity contribution >= 4 is 21.9 Å². The first-order valence-corrected chi connectivity index (χ1v) is 7.60. The van der Waals surface area contributed by atoms with Crippen LogP contribution in [0.15, 0.2) is 28.7 Å². The average molecular weight is 326 g/mol. The van der Waals surface area contributed by atoms with E-state index in [9.17, 15) is 4.79 Å². The maximum Gasteiger partial charge on any atom is 0.327 e. The number of benzene rings is 1. The van der Waals surface area contributed by atoms with Gasteiger partial charge in [-0.05, 0) is 24.5 Å². The Kier molecular flexibility index (Phi) is 5.40. The predicted octanol–water partition coefficient (Wildman–Crippen LogP) is 3.59. The molecule has 1 N–H and O–H groups in total. The third-order valence-electron chi connectivity index (χ3n) is 3.66. The van der Waals surface area contributed by atoms with Gasteiger partial charge in [-0.1, -0.05) is 53.4 Å². The van der Waals surface area contributed by atoms with E-state index in [1.165, 1.54) is 26.4 Å². The van der Waals surface area contributed by atoms with Crippen LogP contribution in [0.1, 0.15) is 43.7 Å². The summed E-state index contributed by atoms with van der Waals surface area (Å²) in [5.41, 5.74) is 0.944. The maximum atomic E-state index is 12.0. The summed E-state index contributed by atoms with van der Waals surface area (Å²) >= 11 is 3.51. The Morgan fingerprint density at radius 2 is 2.00 bits per heavy atom. The highest BCUT2D eigenvalue weighted by atomic mass is 79.9. The summed E-state index contributed by atoms with van der Waals surface area (Å²) in [6.45, 7) is 0.